The SMILES string of the molecule is O=C(CSC1CCNCC1)NCC1(C2CC2)CC1. The number of amides is 1. The van der Waals surface area contributed by atoms with Crippen molar-refractivity contribution in [2.24, 2.45) is 11.3 Å². The predicted octanol–water partition coefficient (Wildman–Crippen LogP) is 1.78. The first-order valence-corrected chi connectivity index (χ1v) is 8.42. The summed E-state index contributed by atoms with van der Waals surface area (Å²) < 4.78 is 0. The van der Waals surface area contributed by atoms with Crippen LogP contribution in [0.25, 0.3) is 0 Å². The minimum Gasteiger partial charge on any atom is -0.355 e. The first-order valence-electron chi connectivity index (χ1n) is 7.38. The molecule has 0 unspecified atom stereocenters. The number of carbonyl (C=O) groups is 1. The molecule has 3 fully saturated rings. The van der Waals surface area contributed by atoms with Crippen molar-refractivity contribution in [2.75, 3.05) is 25.4 Å². The molecule has 2 saturated carbocycles. The summed E-state index contributed by atoms with van der Waals surface area (Å²) in [5, 5.41) is 7.22. The molecular weight excluding hydrogens is 244 g/mol. The lowest BCUT2D eigenvalue weighted by Gasteiger charge is -2.22. The topological polar surface area (TPSA) is 41.1 Å². The second kappa shape index (κ2) is 5.41. The van der Waals surface area contributed by atoms with E-state index in [4.69, 9.17) is 0 Å². The van der Waals surface area contributed by atoms with Crippen molar-refractivity contribution in [3.05, 3.63) is 0 Å². The molecule has 4 heteroatoms. The van der Waals surface area contributed by atoms with E-state index in [1.54, 1.807) is 0 Å². The summed E-state index contributed by atoms with van der Waals surface area (Å²) in [5.74, 6) is 1.85. The maximum Gasteiger partial charge on any atom is 0.230 e. The van der Waals surface area contributed by atoms with E-state index >= 15 is 0 Å². The molecule has 3 aliphatic rings. The van der Waals surface area contributed by atoms with Gasteiger partial charge in [-0.3, -0.25) is 4.79 Å². The van der Waals surface area contributed by atoms with Crippen LogP contribution >= 0.6 is 11.8 Å². The van der Waals surface area contributed by atoms with E-state index in [1.165, 1.54) is 38.5 Å². The zero-order valence-electron chi connectivity index (χ0n) is 11.0. The molecule has 1 amide bonds. The zero-order chi connectivity index (χ0) is 12.4. The van der Waals surface area contributed by atoms with Crippen molar-refractivity contribution in [1.29, 1.82) is 0 Å². The number of nitrogens with one attached hydrogen (secondary N) is 2. The average Bonchev–Trinajstić information content (AvgIpc) is 3.28. The van der Waals surface area contributed by atoms with Crippen LogP contribution in [0, 0.1) is 11.3 Å². The molecule has 1 aliphatic heterocycles. The van der Waals surface area contributed by atoms with Crippen LogP contribution in [0.15, 0.2) is 0 Å². The molecule has 2 N–H and O–H groups in total. The van der Waals surface area contributed by atoms with Gasteiger partial charge in [0, 0.05) is 11.8 Å². The molecule has 3 nitrogen and oxygen atoms in total. The van der Waals surface area contributed by atoms with Crippen molar-refractivity contribution < 1.29 is 4.79 Å². The molecule has 1 saturated heterocycles. The van der Waals surface area contributed by atoms with Crippen LogP contribution in [0.1, 0.15) is 38.5 Å². The maximum atomic E-state index is 11.9. The number of rotatable bonds is 6. The second-order valence-electron chi connectivity index (χ2n) is 6.17. The van der Waals surface area contributed by atoms with E-state index in [0.29, 0.717) is 16.4 Å². The molecule has 0 bridgehead atoms. The van der Waals surface area contributed by atoms with Gasteiger partial charge in [-0.25, -0.2) is 0 Å². The molecule has 102 valence electrons. The second-order valence-corrected chi connectivity index (χ2v) is 7.46. The number of thioether (sulfide) groups is 1. The van der Waals surface area contributed by atoms with E-state index < -0.39 is 0 Å². The highest BCUT2D eigenvalue weighted by Crippen LogP contribution is 2.60. The first-order chi connectivity index (χ1) is 8.78. The van der Waals surface area contributed by atoms with E-state index in [-0.39, 0.29) is 5.91 Å². The molecule has 3 rings (SSSR count). The molecule has 0 aromatic rings. The number of hydrogen-bond acceptors (Lipinski definition) is 3. The summed E-state index contributed by atoms with van der Waals surface area (Å²) in [6, 6.07) is 0. The molecule has 0 aromatic carbocycles. The molecule has 0 spiro atoms. The summed E-state index contributed by atoms with van der Waals surface area (Å²) in [7, 11) is 0. The predicted molar refractivity (Wildman–Crippen MR) is 75.8 cm³/mol. The zero-order valence-corrected chi connectivity index (χ0v) is 11.9. The highest BCUT2D eigenvalue weighted by Gasteiger charge is 2.53. The van der Waals surface area contributed by atoms with Gasteiger partial charge in [0.05, 0.1) is 5.75 Å². The number of carbonyl (C=O) groups excluding carboxylic acids is 1. The molecule has 0 radical (unpaired) electrons. The van der Waals surface area contributed by atoms with Crippen LogP contribution in [0.2, 0.25) is 0 Å². The van der Waals surface area contributed by atoms with Gasteiger partial charge in [0.25, 0.3) is 0 Å². The van der Waals surface area contributed by atoms with E-state index in [9.17, 15) is 4.79 Å². The third kappa shape index (κ3) is 3.21. The molecule has 0 aromatic heterocycles. The van der Waals surface area contributed by atoms with E-state index in [1.807, 2.05) is 11.8 Å². The largest absolute Gasteiger partial charge is 0.355 e. The Bertz CT molecular complexity index is 307. The van der Waals surface area contributed by atoms with Gasteiger partial charge in [0.15, 0.2) is 0 Å². The Hall–Kier alpha value is -0.220. The van der Waals surface area contributed by atoms with Crippen molar-refractivity contribution >= 4 is 17.7 Å². The Kier molecular flexibility index (Phi) is 3.85. The molecule has 2 aliphatic carbocycles. The molecular formula is C14H24N2OS. The monoisotopic (exact) mass is 268 g/mol. The Labute approximate surface area is 114 Å². The van der Waals surface area contributed by atoms with Gasteiger partial charge in [-0.15, -0.1) is 11.8 Å². The standard InChI is InChI=1S/C14H24N2OS/c17-13(9-18-12-3-7-15-8-4-12)16-10-14(5-6-14)11-1-2-11/h11-12,15H,1-10H2,(H,16,17). The van der Waals surface area contributed by atoms with Gasteiger partial charge in [-0.2, -0.15) is 0 Å². The molecule has 1 heterocycles. The van der Waals surface area contributed by atoms with Gasteiger partial charge >= 0.3 is 0 Å². The fourth-order valence-electron chi connectivity index (χ4n) is 3.07. The highest BCUT2D eigenvalue weighted by molar-refractivity contribution is 8.00. The van der Waals surface area contributed by atoms with Crippen LogP contribution < -0.4 is 10.6 Å². The van der Waals surface area contributed by atoms with Crippen molar-refractivity contribution in [1.82, 2.24) is 10.6 Å². The van der Waals surface area contributed by atoms with Crippen LogP contribution in [0.4, 0.5) is 0 Å². The summed E-state index contributed by atoms with van der Waals surface area (Å²) >= 11 is 1.85. The Morgan fingerprint density at radius 1 is 1.22 bits per heavy atom. The van der Waals surface area contributed by atoms with E-state index in [0.717, 1.165) is 25.6 Å². The summed E-state index contributed by atoms with van der Waals surface area (Å²) in [5.41, 5.74) is 0.537. The lowest BCUT2D eigenvalue weighted by molar-refractivity contribution is -0.118. The molecule has 0 atom stereocenters. The van der Waals surface area contributed by atoms with E-state index in [2.05, 4.69) is 10.6 Å². The van der Waals surface area contributed by atoms with Crippen LogP contribution in [0.3, 0.4) is 0 Å². The van der Waals surface area contributed by atoms with Crippen molar-refractivity contribution in [2.45, 2.75) is 43.8 Å². The molecule has 18 heavy (non-hydrogen) atoms. The van der Waals surface area contributed by atoms with Gasteiger partial charge in [-0.1, -0.05) is 0 Å². The fraction of sp³-hybridized carbons (Fsp3) is 0.929. The number of hydrogen-bond donors (Lipinski definition) is 2. The van der Waals surface area contributed by atoms with Gasteiger partial charge in [-0.05, 0) is 62.9 Å². The normalized spacial score (nSPS) is 26.9. The third-order valence-corrected chi connectivity index (χ3v) is 6.08. The van der Waals surface area contributed by atoms with Gasteiger partial charge in [0.2, 0.25) is 5.91 Å². The Balaban J connectivity index is 1.32. The lowest BCUT2D eigenvalue weighted by Crippen LogP contribution is -2.34. The third-order valence-electron chi connectivity index (χ3n) is 4.71. The average molecular weight is 268 g/mol. The fourth-order valence-corrected chi connectivity index (χ4v) is 4.13. The smallest absolute Gasteiger partial charge is 0.230 e. The quantitative estimate of drug-likeness (QED) is 0.771. The lowest BCUT2D eigenvalue weighted by atomic mass is 10.0. The Morgan fingerprint density at radius 3 is 2.56 bits per heavy atom. The first kappa shape index (κ1) is 12.8. The van der Waals surface area contributed by atoms with Gasteiger partial charge < -0.3 is 10.6 Å². The minimum atomic E-state index is 0.255. The van der Waals surface area contributed by atoms with Gasteiger partial charge in [0.1, 0.15) is 0 Å². The maximum absolute atomic E-state index is 11.9. The van der Waals surface area contributed by atoms with Crippen LogP contribution in [0.5, 0.6) is 0 Å². The summed E-state index contributed by atoms with van der Waals surface area (Å²) in [6.45, 7) is 3.18. The number of piperidine rings is 1. The Morgan fingerprint density at radius 2 is 1.94 bits per heavy atom. The minimum absolute atomic E-state index is 0.255. The summed E-state index contributed by atoms with van der Waals surface area (Å²) in [6.07, 6.45) is 7.92. The highest BCUT2D eigenvalue weighted by atomic mass is 32.2. The van der Waals surface area contributed by atoms with Crippen molar-refractivity contribution in [3.8, 4) is 0 Å². The van der Waals surface area contributed by atoms with Crippen LogP contribution in [-0.4, -0.2) is 36.5 Å². The van der Waals surface area contributed by atoms with Crippen molar-refractivity contribution in [3.63, 3.8) is 0 Å². The summed E-state index contributed by atoms with van der Waals surface area (Å²) in [4.78, 5) is 11.9. The van der Waals surface area contributed by atoms with Crippen LogP contribution in [-0.2, 0) is 4.79 Å².